The highest BCUT2D eigenvalue weighted by Crippen LogP contribution is 2.27. The number of rotatable bonds is 5. The molecular formula is C16H14IN5. The maximum absolute atomic E-state index is 8.47. The summed E-state index contributed by atoms with van der Waals surface area (Å²) in [5.41, 5.74) is 11.9. The van der Waals surface area contributed by atoms with Crippen molar-refractivity contribution in [2.75, 3.05) is 6.54 Å². The summed E-state index contributed by atoms with van der Waals surface area (Å²) in [4.78, 5) is 7.38. The van der Waals surface area contributed by atoms with Crippen LogP contribution in [-0.2, 0) is 13.0 Å². The Hall–Kier alpha value is -2.05. The van der Waals surface area contributed by atoms with Gasteiger partial charge in [-0.1, -0.05) is 35.4 Å². The van der Waals surface area contributed by atoms with E-state index in [1.54, 1.807) is 0 Å². The lowest BCUT2D eigenvalue weighted by Gasteiger charge is -2.07. The van der Waals surface area contributed by atoms with Gasteiger partial charge in [0.15, 0.2) is 0 Å². The van der Waals surface area contributed by atoms with Gasteiger partial charge in [-0.3, -0.25) is 0 Å². The van der Waals surface area contributed by atoms with Crippen LogP contribution in [0.25, 0.3) is 21.5 Å². The molecule has 2 aromatic heterocycles. The third-order valence-corrected chi connectivity index (χ3v) is 4.80. The fraction of sp³-hybridized carbons (Fsp3) is 0.188. The minimum absolute atomic E-state index is 0.464. The van der Waals surface area contributed by atoms with Gasteiger partial charge in [0.25, 0.3) is 0 Å². The summed E-state index contributed by atoms with van der Waals surface area (Å²) in [5.74, 6) is 0. The summed E-state index contributed by atoms with van der Waals surface area (Å²) < 4.78 is 3.37. The number of aromatic nitrogens is 2. The molecule has 2 heterocycles. The molecule has 0 N–H and O–H groups in total. The highest BCUT2D eigenvalue weighted by Gasteiger charge is 2.15. The maximum Gasteiger partial charge on any atom is 0.141 e. The van der Waals surface area contributed by atoms with Crippen LogP contribution >= 0.6 is 22.6 Å². The number of halogens is 1. The van der Waals surface area contributed by atoms with E-state index in [9.17, 15) is 0 Å². The third-order valence-electron chi connectivity index (χ3n) is 3.56. The maximum atomic E-state index is 8.47. The van der Waals surface area contributed by atoms with Gasteiger partial charge in [-0.05, 0) is 57.8 Å². The molecule has 0 atom stereocenters. The van der Waals surface area contributed by atoms with Crippen molar-refractivity contribution in [1.82, 2.24) is 9.55 Å². The Bertz CT molecular complexity index is 834. The van der Waals surface area contributed by atoms with Crippen LogP contribution in [0.1, 0.15) is 11.1 Å². The van der Waals surface area contributed by atoms with Crippen molar-refractivity contribution in [3.63, 3.8) is 0 Å². The summed E-state index contributed by atoms with van der Waals surface area (Å²) in [6.07, 6.45) is 2.55. The zero-order valence-electron chi connectivity index (χ0n) is 11.9. The average Bonchev–Trinajstić information content (AvgIpc) is 2.82. The van der Waals surface area contributed by atoms with E-state index in [4.69, 9.17) is 5.53 Å². The number of hydrogen-bond donors (Lipinski definition) is 0. The van der Waals surface area contributed by atoms with E-state index in [1.165, 1.54) is 11.1 Å². The molecule has 22 heavy (non-hydrogen) atoms. The minimum atomic E-state index is 0.464. The molecule has 0 saturated heterocycles. The van der Waals surface area contributed by atoms with Gasteiger partial charge in [0.1, 0.15) is 5.65 Å². The largest absolute Gasteiger partial charge is 0.316 e. The van der Waals surface area contributed by atoms with E-state index in [2.05, 4.69) is 60.4 Å². The van der Waals surface area contributed by atoms with Gasteiger partial charge < -0.3 is 4.57 Å². The van der Waals surface area contributed by atoms with E-state index < -0.39 is 0 Å². The van der Waals surface area contributed by atoms with Crippen molar-refractivity contribution >= 4 is 33.6 Å². The number of fused-ring (bicyclic) bond motifs is 1. The van der Waals surface area contributed by atoms with Crippen LogP contribution in [0.2, 0.25) is 0 Å². The van der Waals surface area contributed by atoms with Crippen LogP contribution in [0.3, 0.4) is 0 Å². The fourth-order valence-electron chi connectivity index (χ4n) is 2.57. The Kier molecular flexibility index (Phi) is 4.60. The van der Waals surface area contributed by atoms with Crippen LogP contribution in [0, 0.1) is 3.70 Å². The summed E-state index contributed by atoms with van der Waals surface area (Å²) in [6.45, 7) is 1.25. The molecule has 0 aliphatic carbocycles. The number of benzene rings is 1. The Morgan fingerprint density at radius 1 is 1.18 bits per heavy atom. The number of pyridine rings is 1. The van der Waals surface area contributed by atoms with Gasteiger partial charge in [-0.15, -0.1) is 0 Å². The summed E-state index contributed by atoms with van der Waals surface area (Å²) in [5, 5.41) is 4.79. The molecule has 0 fully saturated rings. The third kappa shape index (κ3) is 2.93. The normalized spacial score (nSPS) is 10.6. The monoisotopic (exact) mass is 403 g/mol. The first-order chi connectivity index (χ1) is 10.8. The van der Waals surface area contributed by atoms with Crippen molar-refractivity contribution in [3.8, 4) is 0 Å². The SMILES string of the molecule is [N-]=[N+]=NCCc1c(I)n(Cc2ccccc2)c2ncccc12. The Balaban J connectivity index is 2.05. The van der Waals surface area contributed by atoms with Crippen LogP contribution in [-0.4, -0.2) is 16.1 Å². The standard InChI is InChI=1S/C16H14IN5/c17-15-13(8-10-20-21-18)14-7-4-9-19-16(14)22(15)11-12-5-2-1-3-6-12/h1-7,9H,8,10-11H2. The van der Waals surface area contributed by atoms with E-state index in [-0.39, 0.29) is 0 Å². The first-order valence-electron chi connectivity index (χ1n) is 6.97. The minimum Gasteiger partial charge on any atom is -0.316 e. The van der Waals surface area contributed by atoms with Gasteiger partial charge in [-0.2, -0.15) is 0 Å². The molecule has 0 aliphatic heterocycles. The van der Waals surface area contributed by atoms with Gasteiger partial charge in [-0.25, -0.2) is 4.98 Å². The average molecular weight is 403 g/mol. The molecule has 110 valence electrons. The van der Waals surface area contributed by atoms with Crippen molar-refractivity contribution in [2.45, 2.75) is 13.0 Å². The molecule has 0 unspecified atom stereocenters. The molecular weight excluding hydrogens is 389 g/mol. The zero-order chi connectivity index (χ0) is 15.4. The molecule has 5 nitrogen and oxygen atoms in total. The smallest absolute Gasteiger partial charge is 0.141 e. The highest BCUT2D eigenvalue weighted by molar-refractivity contribution is 14.1. The second-order valence-corrected chi connectivity index (χ2v) is 5.94. The van der Waals surface area contributed by atoms with Crippen LogP contribution < -0.4 is 0 Å². The van der Waals surface area contributed by atoms with Gasteiger partial charge in [0, 0.05) is 23.0 Å². The topological polar surface area (TPSA) is 66.6 Å². The second-order valence-electron chi connectivity index (χ2n) is 4.92. The van der Waals surface area contributed by atoms with Gasteiger partial charge in [0.2, 0.25) is 0 Å². The van der Waals surface area contributed by atoms with Crippen molar-refractivity contribution in [1.29, 1.82) is 0 Å². The molecule has 0 aliphatic rings. The molecule has 3 aromatic rings. The first kappa shape index (κ1) is 14.9. The van der Waals surface area contributed by atoms with Gasteiger partial charge >= 0.3 is 0 Å². The Morgan fingerprint density at radius 2 is 2.00 bits per heavy atom. The van der Waals surface area contributed by atoms with E-state index in [0.29, 0.717) is 6.54 Å². The lowest BCUT2D eigenvalue weighted by molar-refractivity contribution is 0.793. The highest BCUT2D eigenvalue weighted by atomic mass is 127. The molecule has 6 heteroatoms. The number of azide groups is 1. The number of nitrogens with zero attached hydrogens (tertiary/aromatic N) is 5. The van der Waals surface area contributed by atoms with Crippen LogP contribution in [0.4, 0.5) is 0 Å². The molecule has 0 amide bonds. The number of hydrogen-bond acceptors (Lipinski definition) is 2. The predicted octanol–water partition coefficient (Wildman–Crippen LogP) is 4.54. The molecule has 0 saturated carbocycles. The van der Waals surface area contributed by atoms with Crippen LogP contribution in [0.5, 0.6) is 0 Å². The van der Waals surface area contributed by atoms with E-state index in [0.717, 1.165) is 27.7 Å². The molecule has 0 spiro atoms. The molecule has 1 aromatic carbocycles. The fourth-order valence-corrected chi connectivity index (χ4v) is 3.53. The van der Waals surface area contributed by atoms with Crippen molar-refractivity contribution in [3.05, 3.63) is 73.9 Å². The summed E-state index contributed by atoms with van der Waals surface area (Å²) in [7, 11) is 0. The van der Waals surface area contributed by atoms with E-state index in [1.807, 2.05) is 30.5 Å². The molecule has 0 radical (unpaired) electrons. The lowest BCUT2D eigenvalue weighted by Crippen LogP contribution is -2.03. The Labute approximate surface area is 141 Å². The molecule has 3 rings (SSSR count). The van der Waals surface area contributed by atoms with E-state index >= 15 is 0 Å². The lowest BCUT2D eigenvalue weighted by atomic mass is 10.1. The summed E-state index contributed by atoms with van der Waals surface area (Å²) in [6, 6.07) is 14.4. The van der Waals surface area contributed by atoms with Gasteiger partial charge in [0.05, 0.1) is 10.2 Å². The predicted molar refractivity (Wildman–Crippen MR) is 95.7 cm³/mol. The summed E-state index contributed by atoms with van der Waals surface area (Å²) >= 11 is 2.36. The second kappa shape index (κ2) is 6.81. The van der Waals surface area contributed by atoms with Crippen LogP contribution in [0.15, 0.2) is 53.8 Å². The van der Waals surface area contributed by atoms with Crippen molar-refractivity contribution in [2.24, 2.45) is 5.11 Å². The molecule has 0 bridgehead atoms. The Morgan fingerprint density at radius 3 is 2.77 bits per heavy atom. The quantitative estimate of drug-likeness (QED) is 0.267. The van der Waals surface area contributed by atoms with Crippen molar-refractivity contribution < 1.29 is 0 Å². The zero-order valence-corrected chi connectivity index (χ0v) is 14.0. The first-order valence-corrected chi connectivity index (χ1v) is 8.05.